The number of benzene rings is 1. The zero-order valence-electron chi connectivity index (χ0n) is 10.8. The Labute approximate surface area is 123 Å². The van der Waals surface area contributed by atoms with Gasteiger partial charge in [-0.1, -0.05) is 12.1 Å². The first-order valence-electron chi connectivity index (χ1n) is 6.04. The Balaban J connectivity index is 1.86. The fourth-order valence-electron chi connectivity index (χ4n) is 1.65. The van der Waals surface area contributed by atoms with Crippen molar-refractivity contribution in [3.8, 4) is 11.3 Å². The van der Waals surface area contributed by atoms with Crippen LogP contribution in [0.3, 0.4) is 0 Å². The summed E-state index contributed by atoms with van der Waals surface area (Å²) in [5.41, 5.74) is -2.17. The lowest BCUT2D eigenvalue weighted by Crippen LogP contribution is -2.26. The number of hydrogen-bond acceptors (Lipinski definition) is 3. The Bertz CT molecular complexity index is 582. The SMILES string of the molecule is O=C(NCCSC(F)(F)F)c1ccc(-c2ccn[nH]2)cc1. The molecule has 0 saturated heterocycles. The molecule has 0 atom stereocenters. The molecule has 1 aromatic carbocycles. The summed E-state index contributed by atoms with van der Waals surface area (Å²) in [6.07, 6.45) is 1.62. The summed E-state index contributed by atoms with van der Waals surface area (Å²) in [6.45, 7) is -0.0364. The number of carbonyl (C=O) groups excluding carboxylic acids is 1. The topological polar surface area (TPSA) is 57.8 Å². The van der Waals surface area contributed by atoms with Gasteiger partial charge in [0.1, 0.15) is 0 Å². The van der Waals surface area contributed by atoms with Crippen molar-refractivity contribution < 1.29 is 18.0 Å². The van der Waals surface area contributed by atoms with Crippen LogP contribution in [0.15, 0.2) is 36.5 Å². The van der Waals surface area contributed by atoms with E-state index in [1.165, 1.54) is 0 Å². The quantitative estimate of drug-likeness (QED) is 0.834. The van der Waals surface area contributed by atoms with E-state index in [1.807, 2.05) is 0 Å². The first-order chi connectivity index (χ1) is 9.96. The molecular weight excluding hydrogens is 303 g/mol. The van der Waals surface area contributed by atoms with Crippen molar-refractivity contribution in [3.63, 3.8) is 0 Å². The molecule has 2 N–H and O–H groups in total. The Morgan fingerprint density at radius 3 is 2.52 bits per heavy atom. The number of thioether (sulfide) groups is 1. The first-order valence-corrected chi connectivity index (χ1v) is 7.03. The molecule has 2 aromatic rings. The van der Waals surface area contributed by atoms with Crippen LogP contribution in [0.2, 0.25) is 0 Å². The number of aromatic amines is 1. The molecule has 0 fully saturated rings. The lowest BCUT2D eigenvalue weighted by molar-refractivity contribution is -0.0327. The molecule has 0 bridgehead atoms. The molecule has 0 spiro atoms. The van der Waals surface area contributed by atoms with Gasteiger partial charge in [-0.2, -0.15) is 18.3 Å². The number of nitrogens with zero attached hydrogens (tertiary/aromatic N) is 1. The van der Waals surface area contributed by atoms with E-state index in [1.54, 1.807) is 36.5 Å². The minimum absolute atomic E-state index is 0.0364. The van der Waals surface area contributed by atoms with Gasteiger partial charge in [0.2, 0.25) is 0 Å². The highest BCUT2D eigenvalue weighted by molar-refractivity contribution is 8.00. The van der Waals surface area contributed by atoms with Crippen molar-refractivity contribution in [2.24, 2.45) is 0 Å². The first kappa shape index (κ1) is 15.4. The normalized spacial score (nSPS) is 11.4. The molecule has 2 rings (SSSR count). The molecule has 1 heterocycles. The lowest BCUT2D eigenvalue weighted by atomic mass is 10.1. The number of amides is 1. The summed E-state index contributed by atoms with van der Waals surface area (Å²) in [7, 11) is 0. The van der Waals surface area contributed by atoms with E-state index < -0.39 is 11.4 Å². The zero-order valence-corrected chi connectivity index (χ0v) is 11.6. The van der Waals surface area contributed by atoms with Gasteiger partial charge in [0.05, 0.1) is 5.69 Å². The van der Waals surface area contributed by atoms with Gasteiger partial charge in [0.25, 0.3) is 5.91 Å². The molecule has 0 aliphatic heterocycles. The molecule has 0 aliphatic rings. The Morgan fingerprint density at radius 1 is 1.24 bits per heavy atom. The molecular formula is C13H12F3N3OS. The zero-order chi connectivity index (χ0) is 15.3. The van der Waals surface area contributed by atoms with E-state index in [0.717, 1.165) is 11.3 Å². The largest absolute Gasteiger partial charge is 0.441 e. The van der Waals surface area contributed by atoms with Gasteiger partial charge in [-0.15, -0.1) is 0 Å². The molecule has 1 aromatic heterocycles. The summed E-state index contributed by atoms with van der Waals surface area (Å²) < 4.78 is 35.8. The number of H-pyrrole nitrogens is 1. The van der Waals surface area contributed by atoms with Crippen LogP contribution in [0.25, 0.3) is 11.3 Å². The second-order valence-corrected chi connectivity index (χ2v) is 5.26. The third-order valence-electron chi connectivity index (χ3n) is 2.61. The molecule has 21 heavy (non-hydrogen) atoms. The predicted molar refractivity (Wildman–Crippen MR) is 74.9 cm³/mol. The minimum Gasteiger partial charge on any atom is -0.351 e. The van der Waals surface area contributed by atoms with Crippen molar-refractivity contribution in [1.29, 1.82) is 0 Å². The Hall–Kier alpha value is -1.96. The highest BCUT2D eigenvalue weighted by atomic mass is 32.2. The third-order valence-corrected chi connectivity index (χ3v) is 3.35. The maximum absolute atomic E-state index is 11.9. The highest BCUT2D eigenvalue weighted by Crippen LogP contribution is 2.29. The van der Waals surface area contributed by atoms with E-state index in [2.05, 4.69) is 15.5 Å². The van der Waals surface area contributed by atoms with Crippen molar-refractivity contribution >= 4 is 17.7 Å². The second kappa shape index (κ2) is 6.66. The number of hydrogen-bond donors (Lipinski definition) is 2. The molecule has 4 nitrogen and oxygen atoms in total. The Morgan fingerprint density at radius 2 is 1.95 bits per heavy atom. The average molecular weight is 315 g/mol. The number of nitrogens with one attached hydrogen (secondary N) is 2. The number of rotatable bonds is 5. The van der Waals surface area contributed by atoms with Gasteiger partial charge in [-0.3, -0.25) is 9.89 Å². The summed E-state index contributed by atoms with van der Waals surface area (Å²) in [5, 5.41) is 9.07. The van der Waals surface area contributed by atoms with Crippen LogP contribution >= 0.6 is 11.8 Å². The van der Waals surface area contributed by atoms with E-state index >= 15 is 0 Å². The summed E-state index contributed by atoms with van der Waals surface area (Å²) in [6, 6.07) is 8.51. The summed E-state index contributed by atoms with van der Waals surface area (Å²) in [4.78, 5) is 11.7. The van der Waals surface area contributed by atoms with Crippen molar-refractivity contribution in [3.05, 3.63) is 42.1 Å². The fraction of sp³-hybridized carbons (Fsp3) is 0.231. The van der Waals surface area contributed by atoms with Gasteiger partial charge >= 0.3 is 5.51 Å². The van der Waals surface area contributed by atoms with Crippen molar-refractivity contribution in [1.82, 2.24) is 15.5 Å². The highest BCUT2D eigenvalue weighted by Gasteiger charge is 2.27. The molecule has 1 amide bonds. The lowest BCUT2D eigenvalue weighted by Gasteiger charge is -2.07. The fourth-order valence-corrected chi connectivity index (χ4v) is 2.09. The maximum Gasteiger partial charge on any atom is 0.441 e. The van der Waals surface area contributed by atoms with E-state index in [4.69, 9.17) is 0 Å². The monoisotopic (exact) mass is 315 g/mol. The van der Waals surface area contributed by atoms with E-state index in [9.17, 15) is 18.0 Å². The summed E-state index contributed by atoms with van der Waals surface area (Å²) >= 11 is -0.154. The summed E-state index contributed by atoms with van der Waals surface area (Å²) in [5.74, 6) is -0.601. The molecule has 112 valence electrons. The minimum atomic E-state index is -4.27. The molecule has 0 aliphatic carbocycles. The predicted octanol–water partition coefficient (Wildman–Crippen LogP) is 3.06. The number of carbonyl (C=O) groups is 1. The van der Waals surface area contributed by atoms with Gasteiger partial charge < -0.3 is 5.32 Å². The number of aromatic nitrogens is 2. The third kappa shape index (κ3) is 4.82. The molecule has 0 radical (unpaired) electrons. The standard InChI is InChI=1S/C13H12F3N3OS/c14-13(15,16)21-8-7-17-12(20)10-3-1-9(2-4-10)11-5-6-18-19-11/h1-6H,7-8H2,(H,17,20)(H,18,19). The van der Waals surface area contributed by atoms with Gasteiger partial charge in [-0.05, 0) is 35.5 Å². The van der Waals surface area contributed by atoms with Gasteiger partial charge in [-0.25, -0.2) is 0 Å². The molecule has 8 heteroatoms. The number of alkyl halides is 3. The van der Waals surface area contributed by atoms with Crippen LogP contribution in [-0.4, -0.2) is 33.9 Å². The number of halogens is 3. The van der Waals surface area contributed by atoms with Crippen molar-refractivity contribution in [2.75, 3.05) is 12.3 Å². The van der Waals surface area contributed by atoms with Gasteiger partial charge in [0, 0.05) is 24.1 Å². The smallest absolute Gasteiger partial charge is 0.351 e. The van der Waals surface area contributed by atoms with Crippen LogP contribution in [0.5, 0.6) is 0 Å². The molecule has 0 saturated carbocycles. The van der Waals surface area contributed by atoms with E-state index in [-0.39, 0.29) is 24.1 Å². The Kier molecular flexibility index (Phi) is 4.89. The van der Waals surface area contributed by atoms with Crippen LogP contribution in [0.4, 0.5) is 13.2 Å². The average Bonchev–Trinajstić information content (AvgIpc) is 2.96. The van der Waals surface area contributed by atoms with Crippen LogP contribution < -0.4 is 5.32 Å². The van der Waals surface area contributed by atoms with E-state index in [0.29, 0.717) is 5.56 Å². The van der Waals surface area contributed by atoms with Gasteiger partial charge in [0.15, 0.2) is 0 Å². The second-order valence-electron chi connectivity index (χ2n) is 4.10. The van der Waals surface area contributed by atoms with Crippen LogP contribution in [-0.2, 0) is 0 Å². The molecule has 0 unspecified atom stereocenters. The maximum atomic E-state index is 11.9. The van der Waals surface area contributed by atoms with Crippen molar-refractivity contribution in [2.45, 2.75) is 5.51 Å². The van der Waals surface area contributed by atoms with Crippen LogP contribution in [0.1, 0.15) is 10.4 Å². The van der Waals surface area contributed by atoms with Crippen LogP contribution in [0, 0.1) is 0 Å².